The van der Waals surface area contributed by atoms with Gasteiger partial charge < -0.3 is 20.3 Å². The number of nitrogens with one attached hydrogen (secondary N) is 2. The number of carbonyl (C=O) groups is 1. The van der Waals surface area contributed by atoms with Crippen LogP contribution in [0.15, 0.2) is 31.0 Å². The van der Waals surface area contributed by atoms with E-state index >= 15 is 0 Å². The second kappa shape index (κ2) is 9.42. The van der Waals surface area contributed by atoms with Gasteiger partial charge in [-0.15, -0.1) is 6.58 Å². The number of aromatic nitrogens is 1. The van der Waals surface area contributed by atoms with Crippen molar-refractivity contribution in [2.24, 2.45) is 0 Å². The molecule has 0 radical (unpaired) electrons. The number of hydrogen-bond acceptors (Lipinski definition) is 4. The molecule has 0 aromatic carbocycles. The fourth-order valence-electron chi connectivity index (χ4n) is 3.02. The quantitative estimate of drug-likeness (QED) is 0.745. The Labute approximate surface area is 150 Å². The topological polar surface area (TPSA) is 66.5 Å². The van der Waals surface area contributed by atoms with Crippen LogP contribution in [-0.4, -0.2) is 42.4 Å². The van der Waals surface area contributed by atoms with Gasteiger partial charge in [-0.05, 0) is 38.3 Å². The van der Waals surface area contributed by atoms with Crippen LogP contribution >= 0.6 is 0 Å². The van der Waals surface area contributed by atoms with Crippen molar-refractivity contribution >= 4 is 11.8 Å². The van der Waals surface area contributed by atoms with E-state index in [1.54, 1.807) is 0 Å². The minimum Gasteiger partial charge on any atom is -0.372 e. The molecule has 1 aliphatic rings. The van der Waals surface area contributed by atoms with E-state index in [1.165, 1.54) is 0 Å². The Morgan fingerprint density at radius 3 is 2.72 bits per heavy atom. The van der Waals surface area contributed by atoms with E-state index in [9.17, 15) is 4.79 Å². The number of morpholine rings is 1. The average Bonchev–Trinajstić information content (AvgIpc) is 2.59. The molecule has 6 nitrogen and oxygen atoms in total. The largest absolute Gasteiger partial charge is 0.372 e. The minimum atomic E-state index is -0.159. The van der Waals surface area contributed by atoms with Gasteiger partial charge in [0.1, 0.15) is 5.82 Å². The van der Waals surface area contributed by atoms with Crippen molar-refractivity contribution in [3.63, 3.8) is 0 Å². The van der Waals surface area contributed by atoms with Crippen molar-refractivity contribution in [3.8, 4) is 0 Å². The Morgan fingerprint density at radius 2 is 2.16 bits per heavy atom. The van der Waals surface area contributed by atoms with Gasteiger partial charge in [0.15, 0.2) is 0 Å². The van der Waals surface area contributed by atoms with Gasteiger partial charge in [0, 0.05) is 31.9 Å². The Morgan fingerprint density at radius 1 is 1.44 bits per heavy atom. The molecular formula is C19H30N4O2. The van der Waals surface area contributed by atoms with Crippen molar-refractivity contribution in [1.82, 2.24) is 15.6 Å². The maximum Gasteiger partial charge on any atom is 0.315 e. The molecule has 0 spiro atoms. The molecule has 0 bridgehead atoms. The molecule has 0 unspecified atom stereocenters. The number of urea groups is 1. The molecular weight excluding hydrogens is 316 g/mol. The van der Waals surface area contributed by atoms with E-state index in [2.05, 4.69) is 40.9 Å². The highest BCUT2D eigenvalue weighted by Gasteiger charge is 2.22. The summed E-state index contributed by atoms with van der Waals surface area (Å²) in [7, 11) is 0. The second-order valence-electron chi connectivity index (χ2n) is 6.64. The maximum absolute atomic E-state index is 11.9. The predicted molar refractivity (Wildman–Crippen MR) is 101 cm³/mol. The van der Waals surface area contributed by atoms with Gasteiger partial charge in [-0.2, -0.15) is 0 Å². The Balaban J connectivity index is 1.84. The van der Waals surface area contributed by atoms with Crippen LogP contribution in [-0.2, 0) is 11.3 Å². The predicted octanol–water partition coefficient (Wildman–Crippen LogP) is 2.85. The summed E-state index contributed by atoms with van der Waals surface area (Å²) in [4.78, 5) is 18.7. The minimum absolute atomic E-state index is 0.128. The normalized spacial score (nSPS) is 21.5. The molecule has 0 aliphatic carbocycles. The number of ether oxygens (including phenoxy) is 1. The van der Waals surface area contributed by atoms with E-state index in [0.29, 0.717) is 6.54 Å². The molecule has 138 valence electrons. The fraction of sp³-hybridized carbons (Fsp3) is 0.579. The first kappa shape index (κ1) is 19.2. The fourth-order valence-corrected chi connectivity index (χ4v) is 3.02. The van der Waals surface area contributed by atoms with Crippen LogP contribution in [0.1, 0.15) is 39.2 Å². The van der Waals surface area contributed by atoms with Gasteiger partial charge in [-0.1, -0.05) is 19.1 Å². The smallest absolute Gasteiger partial charge is 0.315 e. The van der Waals surface area contributed by atoms with Crippen molar-refractivity contribution < 1.29 is 9.53 Å². The molecule has 1 aliphatic heterocycles. The van der Waals surface area contributed by atoms with E-state index in [4.69, 9.17) is 4.74 Å². The van der Waals surface area contributed by atoms with Gasteiger partial charge in [0.25, 0.3) is 0 Å². The molecule has 3 atom stereocenters. The Bertz CT molecular complexity index is 551. The number of amides is 2. The van der Waals surface area contributed by atoms with Crippen LogP contribution in [0.25, 0.3) is 0 Å². The monoisotopic (exact) mass is 346 g/mol. The number of hydrogen-bond donors (Lipinski definition) is 2. The molecule has 25 heavy (non-hydrogen) atoms. The first-order chi connectivity index (χ1) is 12.0. The van der Waals surface area contributed by atoms with Crippen LogP contribution in [0.3, 0.4) is 0 Å². The number of carbonyl (C=O) groups excluding carboxylic acids is 1. The highest BCUT2D eigenvalue weighted by Crippen LogP contribution is 2.18. The van der Waals surface area contributed by atoms with Crippen LogP contribution in [0.4, 0.5) is 10.6 Å². The third-order valence-electron chi connectivity index (χ3n) is 4.28. The average molecular weight is 346 g/mol. The SMILES string of the molecule is C=CC[C@H](CC)NC(=O)NCc1ccc(N2C[C@@H](C)O[C@@H](C)C2)nc1. The summed E-state index contributed by atoms with van der Waals surface area (Å²) >= 11 is 0. The van der Waals surface area contributed by atoms with Crippen LogP contribution in [0.2, 0.25) is 0 Å². The lowest BCUT2D eigenvalue weighted by molar-refractivity contribution is -0.00546. The zero-order valence-electron chi connectivity index (χ0n) is 15.5. The van der Waals surface area contributed by atoms with Crippen LogP contribution in [0, 0.1) is 0 Å². The molecule has 2 N–H and O–H groups in total. The van der Waals surface area contributed by atoms with Crippen molar-refractivity contribution in [3.05, 3.63) is 36.5 Å². The molecule has 1 aromatic heterocycles. The molecule has 2 amide bonds. The van der Waals surface area contributed by atoms with Crippen molar-refractivity contribution in [2.75, 3.05) is 18.0 Å². The van der Waals surface area contributed by atoms with Gasteiger partial charge in [0.2, 0.25) is 0 Å². The van der Waals surface area contributed by atoms with Crippen molar-refractivity contribution in [1.29, 1.82) is 0 Å². The molecule has 6 heteroatoms. The second-order valence-corrected chi connectivity index (χ2v) is 6.64. The highest BCUT2D eigenvalue weighted by atomic mass is 16.5. The summed E-state index contributed by atoms with van der Waals surface area (Å²) in [6, 6.07) is 3.98. The number of rotatable bonds is 7. The summed E-state index contributed by atoms with van der Waals surface area (Å²) in [5, 5.41) is 5.82. The first-order valence-electron chi connectivity index (χ1n) is 9.02. The standard InChI is InChI=1S/C19H30N4O2/c1-5-7-17(6-2)22-19(24)21-11-16-8-9-18(20-10-16)23-12-14(3)25-15(4)13-23/h5,8-10,14-15,17H,1,6-7,11-13H2,2-4H3,(H2,21,22,24)/t14-,15+,17-/m0/s1. The summed E-state index contributed by atoms with van der Waals surface area (Å²) in [5.74, 6) is 0.951. The molecule has 2 rings (SSSR count). The van der Waals surface area contributed by atoms with Gasteiger partial charge in [0.05, 0.1) is 12.2 Å². The third-order valence-corrected chi connectivity index (χ3v) is 4.28. The number of nitrogens with zero attached hydrogens (tertiary/aromatic N) is 2. The summed E-state index contributed by atoms with van der Waals surface area (Å²) in [6.45, 7) is 12.1. The lowest BCUT2D eigenvalue weighted by Crippen LogP contribution is -2.45. The molecule has 1 aromatic rings. The van der Waals surface area contributed by atoms with Crippen molar-refractivity contribution in [2.45, 2.75) is 58.4 Å². The molecule has 1 fully saturated rings. The first-order valence-corrected chi connectivity index (χ1v) is 9.02. The lowest BCUT2D eigenvalue weighted by Gasteiger charge is -2.36. The highest BCUT2D eigenvalue weighted by molar-refractivity contribution is 5.74. The molecule has 0 saturated carbocycles. The van der Waals surface area contributed by atoms with Crippen LogP contribution < -0.4 is 15.5 Å². The zero-order valence-corrected chi connectivity index (χ0v) is 15.5. The maximum atomic E-state index is 11.9. The summed E-state index contributed by atoms with van der Waals surface area (Å²) < 4.78 is 5.75. The molecule has 1 saturated heterocycles. The lowest BCUT2D eigenvalue weighted by atomic mass is 10.1. The zero-order chi connectivity index (χ0) is 18.2. The van der Waals surface area contributed by atoms with Gasteiger partial charge in [-0.25, -0.2) is 9.78 Å². The van der Waals surface area contributed by atoms with Crippen LogP contribution in [0.5, 0.6) is 0 Å². The summed E-state index contributed by atoms with van der Waals surface area (Å²) in [5.41, 5.74) is 0.977. The van der Waals surface area contributed by atoms with E-state index in [1.807, 2.05) is 31.3 Å². The number of pyridine rings is 1. The van der Waals surface area contributed by atoms with E-state index in [0.717, 1.165) is 37.3 Å². The molecule has 2 heterocycles. The van der Waals surface area contributed by atoms with Gasteiger partial charge >= 0.3 is 6.03 Å². The Hall–Kier alpha value is -2.08. The Kier molecular flexibility index (Phi) is 7.25. The number of anilines is 1. The summed E-state index contributed by atoms with van der Waals surface area (Å²) in [6.07, 6.45) is 5.71. The van der Waals surface area contributed by atoms with E-state index in [-0.39, 0.29) is 24.3 Å². The van der Waals surface area contributed by atoms with Gasteiger partial charge in [-0.3, -0.25) is 0 Å². The third kappa shape index (κ3) is 6.05. The van der Waals surface area contributed by atoms with E-state index < -0.39 is 0 Å².